The monoisotopic (exact) mass is 610 g/mol. The lowest BCUT2D eigenvalue weighted by molar-refractivity contribution is 0.0982. The lowest BCUT2D eigenvalue weighted by Crippen LogP contribution is -2.52. The molecule has 4 heterocycles. The number of likely N-dealkylation sites (N-methyl/N-ethyl adjacent to an activating group) is 1. The van der Waals surface area contributed by atoms with Gasteiger partial charge in [0.25, 0.3) is 0 Å². The Labute approximate surface area is 265 Å². The van der Waals surface area contributed by atoms with E-state index in [1.54, 1.807) is 37.6 Å². The average Bonchev–Trinajstić information content (AvgIpc) is 3.05. The maximum Gasteiger partial charge on any atom is 0.144 e. The van der Waals surface area contributed by atoms with Crippen LogP contribution in [0.15, 0.2) is 67.1 Å². The predicted molar refractivity (Wildman–Crippen MR) is 180 cm³/mol. The molecule has 4 aromatic rings. The third-order valence-corrected chi connectivity index (χ3v) is 8.94. The van der Waals surface area contributed by atoms with Gasteiger partial charge in [0.15, 0.2) is 0 Å². The Hall–Kier alpha value is -4.28. The van der Waals surface area contributed by atoms with E-state index in [0.717, 1.165) is 43.3 Å². The minimum absolute atomic E-state index is 0.313. The molecular formula is C35H43FN8O. The predicted octanol–water partition coefficient (Wildman–Crippen LogP) is 6.51. The number of hydrogen-bond acceptors (Lipinski definition) is 9. The molecule has 2 aliphatic heterocycles. The summed E-state index contributed by atoms with van der Waals surface area (Å²) >= 11 is 0. The summed E-state index contributed by atoms with van der Waals surface area (Å²) in [5, 5.41) is 6.77. The first-order chi connectivity index (χ1) is 21.9. The summed E-state index contributed by atoms with van der Waals surface area (Å²) < 4.78 is 20.3. The number of rotatable bonds is 9. The zero-order valence-electron chi connectivity index (χ0n) is 26.6. The fourth-order valence-electron chi connectivity index (χ4n) is 6.35. The highest BCUT2D eigenvalue weighted by Crippen LogP contribution is 2.40. The fourth-order valence-corrected chi connectivity index (χ4v) is 6.35. The summed E-state index contributed by atoms with van der Waals surface area (Å²) in [5.74, 6) is 2.02. The Bertz CT molecular complexity index is 1600. The number of halogens is 1. The van der Waals surface area contributed by atoms with Gasteiger partial charge in [-0.3, -0.25) is 9.88 Å². The lowest BCUT2D eigenvalue weighted by Gasteiger charge is -2.43. The molecule has 236 valence electrons. The topological polar surface area (TPSA) is 81.7 Å². The number of anilines is 5. The summed E-state index contributed by atoms with van der Waals surface area (Å²) in [5.41, 5.74) is 5.11. The van der Waals surface area contributed by atoms with Crippen LogP contribution < -0.4 is 20.3 Å². The highest BCUT2D eigenvalue weighted by Gasteiger charge is 2.28. The van der Waals surface area contributed by atoms with Crippen LogP contribution in [0.4, 0.5) is 33.1 Å². The van der Waals surface area contributed by atoms with Crippen molar-refractivity contribution in [2.45, 2.75) is 38.6 Å². The van der Waals surface area contributed by atoms with Crippen LogP contribution in [-0.2, 0) is 0 Å². The molecule has 2 fully saturated rings. The lowest BCUT2D eigenvalue weighted by atomic mass is 9.96. The molecule has 0 bridgehead atoms. The second-order valence-electron chi connectivity index (χ2n) is 12.3. The molecule has 0 unspecified atom stereocenters. The highest BCUT2D eigenvalue weighted by molar-refractivity contribution is 5.74. The second kappa shape index (κ2) is 13.8. The van der Waals surface area contributed by atoms with E-state index in [-0.39, 0.29) is 5.82 Å². The van der Waals surface area contributed by atoms with Crippen molar-refractivity contribution in [3.05, 3.63) is 78.5 Å². The van der Waals surface area contributed by atoms with Crippen molar-refractivity contribution in [2.75, 3.05) is 69.0 Å². The maximum absolute atomic E-state index is 14.4. The van der Waals surface area contributed by atoms with E-state index in [9.17, 15) is 4.39 Å². The number of piperidine rings is 1. The first-order valence-electron chi connectivity index (χ1n) is 15.8. The van der Waals surface area contributed by atoms with Crippen LogP contribution >= 0.6 is 0 Å². The van der Waals surface area contributed by atoms with E-state index in [2.05, 4.69) is 73.3 Å². The molecule has 45 heavy (non-hydrogen) atoms. The Morgan fingerprint density at radius 2 is 1.60 bits per heavy atom. The van der Waals surface area contributed by atoms with Crippen LogP contribution in [0, 0.1) is 5.82 Å². The van der Waals surface area contributed by atoms with Gasteiger partial charge in [0.05, 0.1) is 18.5 Å². The average molecular weight is 611 g/mol. The number of benzene rings is 2. The van der Waals surface area contributed by atoms with E-state index in [1.807, 2.05) is 12.1 Å². The number of hydrogen-bond donors (Lipinski definition) is 2. The number of piperazine rings is 1. The number of methoxy groups -OCH3 is 1. The van der Waals surface area contributed by atoms with Crippen molar-refractivity contribution < 1.29 is 9.13 Å². The molecule has 2 aromatic carbocycles. The van der Waals surface area contributed by atoms with E-state index < -0.39 is 0 Å². The van der Waals surface area contributed by atoms with Gasteiger partial charge in [-0.05, 0) is 61.7 Å². The minimum atomic E-state index is -0.313. The van der Waals surface area contributed by atoms with Crippen LogP contribution in [0.25, 0.3) is 11.3 Å². The van der Waals surface area contributed by atoms with Crippen molar-refractivity contribution in [1.29, 1.82) is 0 Å². The molecule has 2 aliphatic rings. The molecular weight excluding hydrogens is 567 g/mol. The molecule has 0 spiro atoms. The zero-order valence-corrected chi connectivity index (χ0v) is 26.6. The van der Waals surface area contributed by atoms with Gasteiger partial charge in [0.2, 0.25) is 0 Å². The molecule has 2 saturated heterocycles. The molecule has 2 aromatic heterocycles. The summed E-state index contributed by atoms with van der Waals surface area (Å²) in [6.07, 6.45) is 5.52. The van der Waals surface area contributed by atoms with Crippen molar-refractivity contribution >= 4 is 28.7 Å². The molecule has 0 aliphatic carbocycles. The Morgan fingerprint density at radius 3 is 2.31 bits per heavy atom. The first-order valence-corrected chi connectivity index (χ1v) is 15.8. The second-order valence-corrected chi connectivity index (χ2v) is 12.3. The van der Waals surface area contributed by atoms with Crippen LogP contribution in [0.5, 0.6) is 5.75 Å². The van der Waals surface area contributed by atoms with Gasteiger partial charge >= 0.3 is 0 Å². The van der Waals surface area contributed by atoms with Gasteiger partial charge in [0, 0.05) is 80.6 Å². The Morgan fingerprint density at radius 1 is 0.867 bits per heavy atom. The summed E-state index contributed by atoms with van der Waals surface area (Å²) in [4.78, 5) is 20.9. The molecule has 2 N–H and O–H groups in total. The normalized spacial score (nSPS) is 16.6. The van der Waals surface area contributed by atoms with Gasteiger partial charge in [-0.25, -0.2) is 14.4 Å². The van der Waals surface area contributed by atoms with Gasteiger partial charge in [0.1, 0.15) is 29.5 Å². The van der Waals surface area contributed by atoms with Crippen molar-refractivity contribution in [1.82, 2.24) is 24.8 Å². The van der Waals surface area contributed by atoms with Crippen LogP contribution in [0.2, 0.25) is 0 Å². The van der Waals surface area contributed by atoms with Gasteiger partial charge in [-0.2, -0.15) is 0 Å². The van der Waals surface area contributed by atoms with E-state index in [1.165, 1.54) is 49.6 Å². The Kier molecular flexibility index (Phi) is 9.42. The zero-order chi connectivity index (χ0) is 31.3. The minimum Gasteiger partial charge on any atom is -0.494 e. The van der Waals surface area contributed by atoms with Crippen molar-refractivity contribution in [3.63, 3.8) is 0 Å². The van der Waals surface area contributed by atoms with Crippen LogP contribution in [0.3, 0.4) is 0 Å². The third-order valence-electron chi connectivity index (χ3n) is 8.94. The van der Waals surface area contributed by atoms with Crippen LogP contribution in [-0.4, -0.2) is 84.2 Å². The number of nitrogens with one attached hydrogen (secondary N) is 2. The highest BCUT2D eigenvalue weighted by atomic mass is 19.1. The van der Waals surface area contributed by atoms with Crippen molar-refractivity contribution in [3.8, 4) is 17.0 Å². The standard InChI is InChI=1S/C35H43FN8O/c1-24(2)28-20-31(33(45-4)21-32(28)44-13-10-26(11-14-44)43-17-15-42(3)16-18-43)41-35-22-34(38-23-39-35)40-25-9-12-37-30(19-25)27-7-5-6-8-29(27)36/h5-9,12,19-24,26H,10-11,13-18H2,1-4H3,(H2,37,38,39,40,41). The quantitative estimate of drug-likeness (QED) is 0.220. The first kappa shape index (κ1) is 30.7. The summed E-state index contributed by atoms with van der Waals surface area (Å²) in [6, 6.07) is 17.1. The van der Waals surface area contributed by atoms with Gasteiger partial charge in [-0.1, -0.05) is 26.0 Å². The fraction of sp³-hybridized carbons (Fsp3) is 0.400. The number of aromatic nitrogens is 3. The number of ether oxygens (including phenoxy) is 1. The Balaban J connectivity index is 1.17. The van der Waals surface area contributed by atoms with E-state index in [4.69, 9.17) is 4.74 Å². The molecule has 0 radical (unpaired) electrons. The van der Waals surface area contributed by atoms with Gasteiger partial charge in [-0.15, -0.1) is 0 Å². The SMILES string of the molecule is COc1cc(N2CCC(N3CCN(C)CC3)CC2)c(C(C)C)cc1Nc1cc(Nc2ccnc(-c3ccccc3F)c2)ncn1. The smallest absolute Gasteiger partial charge is 0.144 e. The van der Waals surface area contributed by atoms with E-state index in [0.29, 0.717) is 34.9 Å². The molecule has 0 amide bonds. The van der Waals surface area contributed by atoms with Crippen LogP contribution in [0.1, 0.15) is 38.2 Å². The third kappa shape index (κ3) is 7.18. The number of pyridine rings is 1. The molecule has 0 atom stereocenters. The summed E-state index contributed by atoms with van der Waals surface area (Å²) in [7, 11) is 3.93. The van der Waals surface area contributed by atoms with E-state index >= 15 is 0 Å². The number of nitrogens with zero attached hydrogens (tertiary/aromatic N) is 6. The maximum atomic E-state index is 14.4. The largest absolute Gasteiger partial charge is 0.494 e. The van der Waals surface area contributed by atoms with Crippen molar-refractivity contribution in [2.24, 2.45) is 0 Å². The molecule has 9 nitrogen and oxygen atoms in total. The summed E-state index contributed by atoms with van der Waals surface area (Å²) in [6.45, 7) is 11.2. The van der Waals surface area contributed by atoms with Gasteiger partial charge < -0.3 is 25.2 Å². The molecule has 6 rings (SSSR count). The molecule has 0 saturated carbocycles. The molecule has 10 heteroatoms.